The maximum Gasteiger partial charge on any atom is 0.224 e. The fourth-order valence-corrected chi connectivity index (χ4v) is 2.42. The highest BCUT2D eigenvalue weighted by molar-refractivity contribution is 5.94. The van der Waals surface area contributed by atoms with Gasteiger partial charge in [-0.2, -0.15) is 5.10 Å². The van der Waals surface area contributed by atoms with Gasteiger partial charge in [0, 0.05) is 24.7 Å². The van der Waals surface area contributed by atoms with E-state index < -0.39 is 0 Å². The molecule has 0 unspecified atom stereocenters. The van der Waals surface area contributed by atoms with Crippen molar-refractivity contribution in [3.8, 4) is 11.3 Å². The summed E-state index contributed by atoms with van der Waals surface area (Å²) in [5.41, 5.74) is 5.40. The molecule has 0 aliphatic carbocycles. The Morgan fingerprint density at radius 3 is 2.83 bits per heavy atom. The lowest BCUT2D eigenvalue weighted by molar-refractivity contribution is -0.116. The van der Waals surface area contributed by atoms with Crippen molar-refractivity contribution in [2.45, 2.75) is 19.8 Å². The predicted molar refractivity (Wildman–Crippen MR) is 70.3 cm³/mol. The lowest BCUT2D eigenvalue weighted by atomic mass is 9.99. The van der Waals surface area contributed by atoms with E-state index >= 15 is 0 Å². The Kier molecular flexibility index (Phi) is 2.44. The van der Waals surface area contributed by atoms with Gasteiger partial charge in [0.15, 0.2) is 0 Å². The van der Waals surface area contributed by atoms with Crippen LogP contribution in [0.2, 0.25) is 0 Å². The van der Waals surface area contributed by atoms with Gasteiger partial charge in [-0.1, -0.05) is 6.07 Å². The van der Waals surface area contributed by atoms with Crippen LogP contribution in [0.25, 0.3) is 11.3 Å². The van der Waals surface area contributed by atoms with Crippen LogP contribution in [0.15, 0.2) is 24.3 Å². The average molecular weight is 241 g/mol. The minimum absolute atomic E-state index is 0.103. The van der Waals surface area contributed by atoms with Gasteiger partial charge < -0.3 is 5.32 Å². The zero-order valence-electron chi connectivity index (χ0n) is 10.5. The Morgan fingerprint density at radius 1 is 1.28 bits per heavy atom. The second kappa shape index (κ2) is 3.98. The smallest absolute Gasteiger partial charge is 0.224 e. The molecule has 4 heteroatoms. The third-order valence-electron chi connectivity index (χ3n) is 3.30. The zero-order chi connectivity index (χ0) is 12.7. The molecule has 0 saturated carbocycles. The summed E-state index contributed by atoms with van der Waals surface area (Å²) in [6.45, 7) is 1.99. The molecule has 1 aliphatic heterocycles. The lowest BCUT2D eigenvalue weighted by Crippen LogP contribution is -2.18. The van der Waals surface area contributed by atoms with Gasteiger partial charge in [-0.05, 0) is 37.1 Å². The van der Waals surface area contributed by atoms with Gasteiger partial charge in [0.2, 0.25) is 5.91 Å². The largest absolute Gasteiger partial charge is 0.326 e. The Morgan fingerprint density at radius 2 is 2.11 bits per heavy atom. The lowest BCUT2D eigenvalue weighted by Gasteiger charge is -2.17. The van der Waals surface area contributed by atoms with Crippen LogP contribution in [0.5, 0.6) is 0 Å². The van der Waals surface area contributed by atoms with Crippen LogP contribution in [0.3, 0.4) is 0 Å². The summed E-state index contributed by atoms with van der Waals surface area (Å²) in [5, 5.41) is 7.26. The molecule has 0 spiro atoms. The van der Waals surface area contributed by atoms with Gasteiger partial charge in [0.25, 0.3) is 0 Å². The summed E-state index contributed by atoms with van der Waals surface area (Å²) in [6, 6.07) is 8.22. The second-order valence-corrected chi connectivity index (χ2v) is 4.71. The van der Waals surface area contributed by atoms with Crippen LogP contribution < -0.4 is 5.32 Å². The average Bonchev–Trinajstić information content (AvgIpc) is 2.68. The molecule has 18 heavy (non-hydrogen) atoms. The topological polar surface area (TPSA) is 46.9 Å². The molecule has 2 heterocycles. The number of carbonyl (C=O) groups is 1. The Hall–Kier alpha value is -2.10. The molecule has 0 saturated heterocycles. The molecule has 1 aromatic carbocycles. The fraction of sp³-hybridized carbons (Fsp3) is 0.286. The van der Waals surface area contributed by atoms with Crippen molar-refractivity contribution < 1.29 is 4.79 Å². The molecule has 0 fully saturated rings. The number of fused-ring (bicyclic) bond motifs is 1. The number of aryl methyl sites for hydroxylation is 3. The molecular weight excluding hydrogens is 226 g/mol. The maximum atomic E-state index is 11.3. The summed E-state index contributed by atoms with van der Waals surface area (Å²) in [6.07, 6.45) is 1.38. The molecule has 92 valence electrons. The number of carbonyl (C=O) groups excluding carboxylic acids is 1. The summed E-state index contributed by atoms with van der Waals surface area (Å²) in [4.78, 5) is 11.3. The van der Waals surface area contributed by atoms with E-state index in [1.807, 2.05) is 30.8 Å². The third-order valence-corrected chi connectivity index (χ3v) is 3.30. The molecule has 1 N–H and O–H groups in total. The number of benzene rings is 1. The molecule has 0 radical (unpaired) electrons. The molecule has 2 aromatic rings. The first-order valence-corrected chi connectivity index (χ1v) is 6.07. The number of rotatable bonds is 1. The van der Waals surface area contributed by atoms with E-state index in [-0.39, 0.29) is 5.91 Å². The second-order valence-electron chi connectivity index (χ2n) is 4.71. The van der Waals surface area contributed by atoms with E-state index in [2.05, 4.69) is 22.5 Å². The summed E-state index contributed by atoms with van der Waals surface area (Å²) in [5.74, 6) is 0.103. The van der Waals surface area contributed by atoms with Crippen molar-refractivity contribution >= 4 is 11.6 Å². The van der Waals surface area contributed by atoms with Crippen LogP contribution >= 0.6 is 0 Å². The normalized spacial score (nSPS) is 14.2. The summed E-state index contributed by atoms with van der Waals surface area (Å²) >= 11 is 0. The van der Waals surface area contributed by atoms with Crippen molar-refractivity contribution in [2.75, 3.05) is 5.32 Å². The third kappa shape index (κ3) is 1.79. The van der Waals surface area contributed by atoms with Crippen LogP contribution in [0, 0.1) is 6.92 Å². The van der Waals surface area contributed by atoms with E-state index in [0.29, 0.717) is 6.42 Å². The number of nitrogens with one attached hydrogen (secondary N) is 1. The Labute approximate surface area is 106 Å². The van der Waals surface area contributed by atoms with E-state index in [1.165, 1.54) is 5.56 Å². The van der Waals surface area contributed by atoms with E-state index in [0.717, 1.165) is 29.1 Å². The number of anilines is 1. The molecule has 1 aromatic heterocycles. The van der Waals surface area contributed by atoms with Crippen LogP contribution in [-0.4, -0.2) is 15.7 Å². The quantitative estimate of drug-likeness (QED) is 0.832. The molecule has 0 atom stereocenters. The van der Waals surface area contributed by atoms with Crippen LogP contribution in [0.1, 0.15) is 17.7 Å². The Bertz CT molecular complexity index is 628. The Balaban J connectivity index is 2.05. The SMILES string of the molecule is Cc1cc(-c2ccc3c(c2)CCC(=O)N3)n(C)n1. The maximum absolute atomic E-state index is 11.3. The molecule has 1 amide bonds. The van der Waals surface area contributed by atoms with Gasteiger partial charge in [0.05, 0.1) is 11.4 Å². The minimum atomic E-state index is 0.103. The van der Waals surface area contributed by atoms with Crippen molar-refractivity contribution in [3.63, 3.8) is 0 Å². The van der Waals surface area contributed by atoms with Crippen molar-refractivity contribution in [1.29, 1.82) is 0 Å². The molecular formula is C14H15N3O. The van der Waals surface area contributed by atoms with Crippen molar-refractivity contribution in [3.05, 3.63) is 35.5 Å². The molecule has 3 rings (SSSR count). The molecule has 0 bridgehead atoms. The number of hydrogen-bond acceptors (Lipinski definition) is 2. The first kappa shape index (κ1) is 11.0. The first-order valence-electron chi connectivity index (χ1n) is 6.07. The van der Waals surface area contributed by atoms with Gasteiger partial charge in [-0.25, -0.2) is 0 Å². The highest BCUT2D eigenvalue weighted by Crippen LogP contribution is 2.28. The van der Waals surface area contributed by atoms with E-state index in [9.17, 15) is 4.79 Å². The predicted octanol–water partition coefficient (Wildman–Crippen LogP) is 2.28. The van der Waals surface area contributed by atoms with Gasteiger partial charge >= 0.3 is 0 Å². The number of amides is 1. The highest BCUT2D eigenvalue weighted by Gasteiger charge is 2.15. The highest BCUT2D eigenvalue weighted by atomic mass is 16.1. The van der Waals surface area contributed by atoms with E-state index in [4.69, 9.17) is 0 Å². The standard InChI is InChI=1S/C14H15N3O/c1-9-7-13(17(2)16-9)11-3-5-12-10(8-11)4-6-14(18)15-12/h3,5,7-8H,4,6H2,1-2H3,(H,15,18). The zero-order valence-corrected chi connectivity index (χ0v) is 10.5. The van der Waals surface area contributed by atoms with E-state index in [1.54, 1.807) is 0 Å². The van der Waals surface area contributed by atoms with Crippen LogP contribution in [0.4, 0.5) is 5.69 Å². The fourth-order valence-electron chi connectivity index (χ4n) is 2.42. The van der Waals surface area contributed by atoms with Crippen molar-refractivity contribution in [2.24, 2.45) is 7.05 Å². The van der Waals surface area contributed by atoms with Crippen LogP contribution in [-0.2, 0) is 18.3 Å². The monoisotopic (exact) mass is 241 g/mol. The number of hydrogen-bond donors (Lipinski definition) is 1. The minimum Gasteiger partial charge on any atom is -0.326 e. The summed E-state index contributed by atoms with van der Waals surface area (Å²) < 4.78 is 1.89. The number of nitrogens with zero attached hydrogens (tertiary/aromatic N) is 2. The molecule has 4 nitrogen and oxygen atoms in total. The van der Waals surface area contributed by atoms with Crippen molar-refractivity contribution in [1.82, 2.24) is 9.78 Å². The van der Waals surface area contributed by atoms with Gasteiger partial charge in [-0.15, -0.1) is 0 Å². The summed E-state index contributed by atoms with van der Waals surface area (Å²) in [7, 11) is 1.95. The van der Waals surface area contributed by atoms with Gasteiger partial charge in [0.1, 0.15) is 0 Å². The number of aromatic nitrogens is 2. The molecule has 1 aliphatic rings. The first-order chi connectivity index (χ1) is 8.63. The van der Waals surface area contributed by atoms with Gasteiger partial charge in [-0.3, -0.25) is 9.48 Å².